The van der Waals surface area contributed by atoms with Gasteiger partial charge in [-0.05, 0) is 24.6 Å². The molecule has 0 atom stereocenters. The van der Waals surface area contributed by atoms with Gasteiger partial charge in [0.15, 0.2) is 0 Å². The van der Waals surface area contributed by atoms with E-state index in [2.05, 4.69) is 0 Å². The van der Waals surface area contributed by atoms with Crippen LogP contribution in [-0.2, 0) is 14.8 Å². The molecule has 1 heterocycles. The molecule has 1 saturated heterocycles. The Morgan fingerprint density at radius 1 is 1.24 bits per heavy atom. The van der Waals surface area contributed by atoms with E-state index < -0.39 is 10.0 Å². The molecule has 0 aliphatic carbocycles. The number of carbonyl (C=O) groups excluding carboxylic acids is 1. The molecule has 0 N–H and O–H groups in total. The van der Waals surface area contributed by atoms with E-state index in [9.17, 15) is 13.2 Å². The number of rotatable bonds is 2. The van der Waals surface area contributed by atoms with E-state index in [1.165, 1.54) is 23.4 Å². The maximum Gasteiger partial charge on any atom is 0.243 e. The molecule has 0 radical (unpaired) electrons. The highest BCUT2D eigenvalue weighted by atomic mass is 32.2. The number of benzene rings is 1. The summed E-state index contributed by atoms with van der Waals surface area (Å²) in [5, 5.41) is 8.88. The van der Waals surface area contributed by atoms with Crippen molar-refractivity contribution >= 4 is 15.9 Å². The Labute approximate surface area is 124 Å². The third-order valence-corrected chi connectivity index (χ3v) is 5.40. The van der Waals surface area contributed by atoms with Crippen LogP contribution in [0.3, 0.4) is 0 Å². The summed E-state index contributed by atoms with van der Waals surface area (Å²) in [7, 11) is -3.62. The quantitative estimate of drug-likeness (QED) is 0.809. The summed E-state index contributed by atoms with van der Waals surface area (Å²) in [6, 6.07) is 7.94. The van der Waals surface area contributed by atoms with Crippen molar-refractivity contribution in [3.63, 3.8) is 0 Å². The standard InChI is InChI=1S/C14H17N3O3S/c1-12(18)16-6-3-7-17(9-8-16)21(19,20)14-5-2-4-13(10-14)11-15/h2,4-5,10H,3,6-9H2,1H3. The van der Waals surface area contributed by atoms with Crippen molar-refractivity contribution in [2.75, 3.05) is 26.2 Å². The Balaban J connectivity index is 2.23. The van der Waals surface area contributed by atoms with Crippen LogP contribution in [0.25, 0.3) is 0 Å². The molecular formula is C14H17N3O3S. The highest BCUT2D eigenvalue weighted by Crippen LogP contribution is 2.18. The molecule has 1 aromatic rings. The lowest BCUT2D eigenvalue weighted by Gasteiger charge is -2.21. The van der Waals surface area contributed by atoms with Gasteiger partial charge in [0.25, 0.3) is 0 Å². The zero-order valence-corrected chi connectivity index (χ0v) is 12.6. The van der Waals surface area contributed by atoms with Crippen molar-refractivity contribution in [2.24, 2.45) is 0 Å². The lowest BCUT2D eigenvalue weighted by atomic mass is 10.2. The number of carbonyl (C=O) groups is 1. The summed E-state index contributed by atoms with van der Waals surface area (Å²) >= 11 is 0. The van der Waals surface area contributed by atoms with E-state index in [1.54, 1.807) is 17.0 Å². The third-order valence-electron chi connectivity index (χ3n) is 3.50. The average molecular weight is 307 g/mol. The van der Waals surface area contributed by atoms with E-state index in [-0.39, 0.29) is 17.3 Å². The van der Waals surface area contributed by atoms with E-state index in [1.807, 2.05) is 6.07 Å². The molecule has 1 aliphatic rings. The molecule has 112 valence electrons. The zero-order valence-electron chi connectivity index (χ0n) is 11.8. The summed E-state index contributed by atoms with van der Waals surface area (Å²) in [4.78, 5) is 13.2. The summed E-state index contributed by atoms with van der Waals surface area (Å²) in [5.74, 6) is -0.0410. The van der Waals surface area contributed by atoms with Gasteiger partial charge in [0.05, 0.1) is 16.5 Å². The first-order chi connectivity index (χ1) is 9.95. The second-order valence-corrected chi connectivity index (χ2v) is 6.84. The number of hydrogen-bond acceptors (Lipinski definition) is 4. The molecule has 0 aromatic heterocycles. The van der Waals surface area contributed by atoms with Crippen molar-refractivity contribution < 1.29 is 13.2 Å². The van der Waals surface area contributed by atoms with Gasteiger partial charge in [-0.1, -0.05) is 6.07 Å². The molecular weight excluding hydrogens is 290 g/mol. The molecule has 0 bridgehead atoms. The molecule has 1 fully saturated rings. The van der Waals surface area contributed by atoms with Gasteiger partial charge in [-0.25, -0.2) is 8.42 Å². The van der Waals surface area contributed by atoms with Crippen molar-refractivity contribution in [3.05, 3.63) is 29.8 Å². The van der Waals surface area contributed by atoms with Crippen LogP contribution in [0.2, 0.25) is 0 Å². The Hall–Kier alpha value is -1.91. The van der Waals surface area contributed by atoms with Crippen molar-refractivity contribution in [1.29, 1.82) is 5.26 Å². The van der Waals surface area contributed by atoms with Gasteiger partial charge < -0.3 is 4.90 Å². The number of sulfonamides is 1. The summed E-state index contributed by atoms with van der Waals surface area (Å²) in [6.45, 7) is 3.11. The minimum Gasteiger partial charge on any atom is -0.342 e. The van der Waals surface area contributed by atoms with Crippen molar-refractivity contribution in [3.8, 4) is 6.07 Å². The number of nitrogens with zero attached hydrogens (tertiary/aromatic N) is 3. The molecule has 6 nitrogen and oxygen atoms in total. The second kappa shape index (κ2) is 6.24. The van der Waals surface area contributed by atoms with Crippen LogP contribution in [0.15, 0.2) is 29.2 Å². The van der Waals surface area contributed by atoms with Gasteiger partial charge in [-0.3, -0.25) is 4.79 Å². The van der Waals surface area contributed by atoms with Crippen LogP contribution >= 0.6 is 0 Å². The zero-order chi connectivity index (χ0) is 15.5. The largest absolute Gasteiger partial charge is 0.342 e. The summed E-state index contributed by atoms with van der Waals surface area (Å²) < 4.78 is 26.6. The fourth-order valence-electron chi connectivity index (χ4n) is 2.32. The van der Waals surface area contributed by atoms with Crippen LogP contribution < -0.4 is 0 Å². The Morgan fingerprint density at radius 3 is 2.67 bits per heavy atom. The molecule has 0 unspecified atom stereocenters. The van der Waals surface area contributed by atoms with Crippen LogP contribution in [0.1, 0.15) is 18.9 Å². The highest BCUT2D eigenvalue weighted by Gasteiger charge is 2.27. The van der Waals surface area contributed by atoms with E-state index in [0.29, 0.717) is 31.6 Å². The highest BCUT2D eigenvalue weighted by molar-refractivity contribution is 7.89. The van der Waals surface area contributed by atoms with Gasteiger partial charge >= 0.3 is 0 Å². The lowest BCUT2D eigenvalue weighted by molar-refractivity contribution is -0.128. The second-order valence-electron chi connectivity index (χ2n) is 4.90. The minimum atomic E-state index is -3.62. The van der Waals surface area contributed by atoms with Gasteiger partial charge in [0, 0.05) is 33.1 Å². The van der Waals surface area contributed by atoms with Crippen LogP contribution in [0.4, 0.5) is 0 Å². The fourth-order valence-corrected chi connectivity index (χ4v) is 3.84. The Kier molecular flexibility index (Phi) is 4.60. The van der Waals surface area contributed by atoms with Gasteiger partial charge in [-0.2, -0.15) is 9.57 Å². The molecule has 0 spiro atoms. The molecule has 1 aromatic carbocycles. The third kappa shape index (κ3) is 3.40. The summed E-state index contributed by atoms with van der Waals surface area (Å²) in [6.07, 6.45) is 0.608. The first-order valence-electron chi connectivity index (χ1n) is 6.71. The molecule has 1 aliphatic heterocycles. The fraction of sp³-hybridized carbons (Fsp3) is 0.429. The number of nitriles is 1. The van der Waals surface area contributed by atoms with Crippen molar-refractivity contribution in [1.82, 2.24) is 9.21 Å². The van der Waals surface area contributed by atoms with Gasteiger partial charge in [0.1, 0.15) is 0 Å². The summed E-state index contributed by atoms with van der Waals surface area (Å²) in [5.41, 5.74) is 0.316. The van der Waals surface area contributed by atoms with Crippen LogP contribution in [0.5, 0.6) is 0 Å². The van der Waals surface area contributed by atoms with Gasteiger partial charge in [0.2, 0.25) is 15.9 Å². The number of amides is 1. The minimum absolute atomic E-state index is 0.0410. The van der Waals surface area contributed by atoms with E-state index in [0.717, 1.165) is 0 Å². The monoisotopic (exact) mass is 307 g/mol. The van der Waals surface area contributed by atoms with Crippen molar-refractivity contribution in [2.45, 2.75) is 18.2 Å². The molecule has 21 heavy (non-hydrogen) atoms. The topological polar surface area (TPSA) is 81.5 Å². The van der Waals surface area contributed by atoms with Crippen LogP contribution in [0, 0.1) is 11.3 Å². The SMILES string of the molecule is CC(=O)N1CCCN(S(=O)(=O)c2cccc(C#N)c2)CC1. The smallest absolute Gasteiger partial charge is 0.243 e. The molecule has 0 saturated carbocycles. The predicted octanol–water partition coefficient (Wildman–Crippen LogP) is 0.801. The average Bonchev–Trinajstić information content (AvgIpc) is 2.73. The maximum atomic E-state index is 12.6. The predicted molar refractivity (Wildman–Crippen MR) is 76.8 cm³/mol. The van der Waals surface area contributed by atoms with E-state index >= 15 is 0 Å². The Bertz CT molecular complexity index is 679. The molecule has 1 amide bonds. The normalized spacial score (nSPS) is 17.0. The lowest BCUT2D eigenvalue weighted by Crippen LogP contribution is -2.36. The molecule has 2 rings (SSSR count). The Morgan fingerprint density at radius 2 is 2.00 bits per heavy atom. The van der Waals surface area contributed by atoms with Crippen LogP contribution in [-0.4, -0.2) is 49.7 Å². The van der Waals surface area contributed by atoms with Gasteiger partial charge in [-0.15, -0.1) is 0 Å². The first kappa shape index (κ1) is 15.5. The first-order valence-corrected chi connectivity index (χ1v) is 8.15. The maximum absolute atomic E-state index is 12.6. The van der Waals surface area contributed by atoms with E-state index in [4.69, 9.17) is 5.26 Å². The molecule has 7 heteroatoms. The number of hydrogen-bond donors (Lipinski definition) is 0.